The molecule has 1 aromatic heterocycles. The number of ether oxygens (including phenoxy) is 1. The summed E-state index contributed by atoms with van der Waals surface area (Å²) >= 11 is 1.68. The van der Waals surface area contributed by atoms with Crippen molar-refractivity contribution in [2.75, 3.05) is 11.9 Å². The summed E-state index contributed by atoms with van der Waals surface area (Å²) in [6.45, 7) is 10.4. The summed E-state index contributed by atoms with van der Waals surface area (Å²) in [6, 6.07) is 14.3. The van der Waals surface area contributed by atoms with Gasteiger partial charge in [-0.3, -0.25) is 4.79 Å². The van der Waals surface area contributed by atoms with Gasteiger partial charge >= 0.3 is 0 Å². The molecule has 0 radical (unpaired) electrons. The van der Waals surface area contributed by atoms with E-state index in [2.05, 4.69) is 78.9 Å². The molecular weight excluding hydrogens is 524 g/mol. The largest absolute Gasteiger partial charge is 0.493 e. The number of aromatic nitrogens is 1. The summed E-state index contributed by atoms with van der Waals surface area (Å²) in [5.41, 5.74) is 6.18. The summed E-state index contributed by atoms with van der Waals surface area (Å²) in [5, 5.41) is 5.15. The van der Waals surface area contributed by atoms with Gasteiger partial charge in [0.25, 0.3) is 0 Å². The normalized spacial score (nSPS) is 11.5. The highest BCUT2D eigenvalue weighted by Gasteiger charge is 2.22. The molecule has 5 heteroatoms. The first-order valence-electron chi connectivity index (χ1n) is 15.9. The van der Waals surface area contributed by atoms with Crippen molar-refractivity contribution in [1.82, 2.24) is 0 Å². The van der Waals surface area contributed by atoms with Gasteiger partial charge in [-0.25, -0.2) is 0 Å². The van der Waals surface area contributed by atoms with Crippen LogP contribution < -0.4 is 14.6 Å². The van der Waals surface area contributed by atoms with E-state index in [-0.39, 0.29) is 11.3 Å². The summed E-state index contributed by atoms with van der Waals surface area (Å²) in [4.78, 5) is 13.1. The first-order valence-corrected chi connectivity index (χ1v) is 16.9. The fourth-order valence-corrected chi connectivity index (χ4v) is 5.83. The molecule has 0 aliphatic heterocycles. The van der Waals surface area contributed by atoms with Crippen molar-refractivity contribution < 1.29 is 14.1 Å². The van der Waals surface area contributed by atoms with Gasteiger partial charge < -0.3 is 10.1 Å². The second-order valence-corrected chi connectivity index (χ2v) is 13.2. The van der Waals surface area contributed by atoms with E-state index < -0.39 is 0 Å². The van der Waals surface area contributed by atoms with Gasteiger partial charge in [-0.15, -0.1) is 0 Å². The molecule has 0 aliphatic carbocycles. The Morgan fingerprint density at radius 3 is 2.07 bits per heavy atom. The molecule has 0 saturated heterocycles. The van der Waals surface area contributed by atoms with Gasteiger partial charge in [-0.1, -0.05) is 140 Å². The molecule has 4 nitrogen and oxygen atoms in total. The summed E-state index contributed by atoms with van der Waals surface area (Å²) < 4.78 is 8.57. The lowest BCUT2D eigenvalue weighted by Crippen LogP contribution is -2.30. The van der Waals surface area contributed by atoms with Crippen LogP contribution in [0, 0.1) is 0 Å². The molecule has 0 atom stereocenters. The number of para-hydroxylation sites is 1. The van der Waals surface area contributed by atoms with Crippen LogP contribution in [-0.2, 0) is 23.2 Å². The molecule has 224 valence electrons. The fourth-order valence-electron chi connectivity index (χ4n) is 5.24. The van der Waals surface area contributed by atoms with Crippen LogP contribution in [-0.4, -0.2) is 12.5 Å². The van der Waals surface area contributed by atoms with Crippen LogP contribution >= 0.6 is 11.3 Å². The van der Waals surface area contributed by atoms with Crippen molar-refractivity contribution in [3.63, 3.8) is 0 Å². The van der Waals surface area contributed by atoms with Crippen LogP contribution in [0.25, 0.3) is 0 Å². The maximum atomic E-state index is 13.1. The van der Waals surface area contributed by atoms with Crippen LogP contribution in [0.4, 0.5) is 5.69 Å². The number of rotatable bonds is 19. The average Bonchev–Trinajstić information content (AvgIpc) is 3.45. The van der Waals surface area contributed by atoms with Gasteiger partial charge in [-0.05, 0) is 29.5 Å². The molecule has 0 fully saturated rings. The Kier molecular flexibility index (Phi) is 14.4. The lowest BCUT2D eigenvalue weighted by Gasteiger charge is -2.25. The number of nitrogens with one attached hydrogen (secondary N) is 1. The lowest BCUT2D eigenvalue weighted by atomic mass is 9.84. The van der Waals surface area contributed by atoms with Crippen molar-refractivity contribution in [2.24, 2.45) is 0 Å². The first-order chi connectivity index (χ1) is 19.9. The molecule has 0 saturated carbocycles. The van der Waals surface area contributed by atoms with E-state index in [4.69, 9.17) is 4.74 Å². The summed E-state index contributed by atoms with van der Waals surface area (Å²) in [5.74, 6) is 0.868. The minimum absolute atomic E-state index is 0.0220. The Balaban J connectivity index is 1.45. The summed E-state index contributed by atoms with van der Waals surface area (Å²) in [7, 11) is 0. The van der Waals surface area contributed by atoms with Crippen molar-refractivity contribution >= 4 is 22.9 Å². The topological polar surface area (TPSA) is 42.2 Å². The molecule has 0 unspecified atom stereocenters. The van der Waals surface area contributed by atoms with E-state index in [0.29, 0.717) is 13.0 Å². The van der Waals surface area contributed by atoms with Gasteiger partial charge in [0.05, 0.1) is 18.4 Å². The molecule has 3 aromatic rings. The number of carbonyl (C=O) groups is 1. The fraction of sp³-hybridized carbons (Fsp3) is 0.556. The Morgan fingerprint density at radius 2 is 1.49 bits per heavy atom. The molecule has 0 aliphatic rings. The van der Waals surface area contributed by atoms with E-state index >= 15 is 0 Å². The highest BCUT2D eigenvalue weighted by atomic mass is 32.1. The van der Waals surface area contributed by atoms with Crippen molar-refractivity contribution in [3.8, 4) is 5.75 Å². The number of hydrogen-bond donors (Lipinski definition) is 1. The maximum absolute atomic E-state index is 13.1. The number of benzene rings is 2. The zero-order valence-electron chi connectivity index (χ0n) is 26.1. The number of carbonyl (C=O) groups excluding carboxylic acids is 1. The van der Waals surface area contributed by atoms with Gasteiger partial charge in [0.1, 0.15) is 5.75 Å². The monoisotopic (exact) mass is 577 g/mol. The highest BCUT2D eigenvalue weighted by Crippen LogP contribution is 2.35. The predicted octanol–water partition coefficient (Wildman–Crippen LogP) is 9.64. The Labute approximate surface area is 253 Å². The molecule has 0 spiro atoms. The third kappa shape index (κ3) is 12.4. The molecule has 0 bridgehead atoms. The van der Waals surface area contributed by atoms with Gasteiger partial charge in [-0.2, -0.15) is 4.57 Å². The Hall–Kier alpha value is -2.66. The van der Waals surface area contributed by atoms with E-state index in [0.717, 1.165) is 35.5 Å². The zero-order chi connectivity index (χ0) is 29.3. The molecule has 1 amide bonds. The zero-order valence-corrected chi connectivity index (χ0v) is 26.9. The third-order valence-corrected chi connectivity index (χ3v) is 8.30. The molecule has 1 N–H and O–H groups in total. The predicted molar refractivity (Wildman–Crippen MR) is 174 cm³/mol. The molecule has 3 rings (SSSR count). The number of anilines is 1. The van der Waals surface area contributed by atoms with Gasteiger partial charge in [0.2, 0.25) is 11.4 Å². The van der Waals surface area contributed by atoms with Crippen molar-refractivity contribution in [3.05, 3.63) is 76.2 Å². The van der Waals surface area contributed by atoms with E-state index in [1.165, 1.54) is 76.2 Å². The van der Waals surface area contributed by atoms with E-state index in [1.807, 2.05) is 18.2 Å². The lowest BCUT2D eigenvalue weighted by molar-refractivity contribution is -0.683. The SMILES string of the molecule is CCCCCCCCCCCCCCOc1c(CC(=O)Nc2ccc(C[n+]3ccsc3)cc2)cccc1C(C)(C)C. The van der Waals surface area contributed by atoms with Crippen LogP contribution in [0.5, 0.6) is 5.75 Å². The maximum Gasteiger partial charge on any atom is 0.228 e. The third-order valence-electron chi connectivity index (χ3n) is 7.63. The Bertz CT molecular complexity index is 1130. The van der Waals surface area contributed by atoms with E-state index in [9.17, 15) is 4.79 Å². The van der Waals surface area contributed by atoms with Crippen molar-refractivity contribution in [1.29, 1.82) is 0 Å². The highest BCUT2D eigenvalue weighted by molar-refractivity contribution is 7.07. The number of amides is 1. The second-order valence-electron chi connectivity index (χ2n) is 12.4. The van der Waals surface area contributed by atoms with Crippen LogP contribution in [0.3, 0.4) is 0 Å². The van der Waals surface area contributed by atoms with Gasteiger partial charge in [0.15, 0.2) is 12.7 Å². The smallest absolute Gasteiger partial charge is 0.228 e. The van der Waals surface area contributed by atoms with Crippen LogP contribution in [0.15, 0.2) is 59.6 Å². The first kappa shape index (κ1) is 32.8. The molecule has 41 heavy (non-hydrogen) atoms. The number of nitrogens with zero attached hydrogens (tertiary/aromatic N) is 1. The molecule has 2 aromatic carbocycles. The van der Waals surface area contributed by atoms with E-state index in [1.54, 1.807) is 11.3 Å². The minimum Gasteiger partial charge on any atom is -0.493 e. The number of hydrogen-bond acceptors (Lipinski definition) is 3. The van der Waals surface area contributed by atoms with Crippen molar-refractivity contribution in [2.45, 2.75) is 123 Å². The van der Waals surface area contributed by atoms with Crippen LogP contribution in [0.1, 0.15) is 121 Å². The quantitative estimate of drug-likeness (QED) is 0.114. The minimum atomic E-state index is -0.0609. The Morgan fingerprint density at radius 1 is 0.854 bits per heavy atom. The summed E-state index contributed by atoms with van der Waals surface area (Å²) in [6.07, 6.45) is 18.3. The standard InChI is InChI=1S/C36H52N2O2S/c1-5-6-7-8-9-10-11-12-13-14-15-16-25-40-35-31(18-17-19-33(35)36(2,3)4)27-34(39)37-32-22-20-30(21-23-32)28-38-24-26-41-29-38/h17-24,26,29H,5-16,25,27-28H2,1-4H3/p+1. The average molecular weight is 578 g/mol. The second kappa shape index (κ2) is 18.0. The number of unbranched alkanes of at least 4 members (excludes halogenated alkanes) is 11. The number of thiazole rings is 1. The van der Waals surface area contributed by atoms with Crippen LogP contribution in [0.2, 0.25) is 0 Å². The molecular formula is C36H53N2O2S+. The molecule has 1 heterocycles. The van der Waals surface area contributed by atoms with Gasteiger partial charge in [0, 0.05) is 16.8 Å².